The first-order valence-corrected chi connectivity index (χ1v) is 8.08. The minimum atomic E-state index is 0.951. The molecular weight excluding hydrogens is 323 g/mol. The smallest absolute Gasteiger partial charge is 0.118 e. The molecule has 1 aromatic carbocycles. The molecule has 0 saturated carbocycles. The number of hydrogen-bond acceptors (Lipinski definition) is 1. The van der Waals surface area contributed by atoms with Gasteiger partial charge >= 0.3 is 0 Å². The van der Waals surface area contributed by atoms with Crippen LogP contribution >= 0.6 is 22.6 Å². The van der Waals surface area contributed by atoms with Crippen molar-refractivity contribution in [2.45, 2.75) is 44.9 Å². The van der Waals surface area contributed by atoms with Crippen molar-refractivity contribution in [2.75, 3.05) is 11.5 Å². The Morgan fingerprint density at radius 1 is 0.882 bits per heavy atom. The average molecular weight is 346 g/mol. The van der Waals surface area contributed by atoms with Crippen LogP contribution in [0.4, 0.5) is 0 Å². The SMILES string of the molecule is COc1ccc(CCCCCCCCI)cc1. The lowest BCUT2D eigenvalue weighted by atomic mass is 10.1. The van der Waals surface area contributed by atoms with Crippen molar-refractivity contribution in [2.24, 2.45) is 0 Å². The number of unbranched alkanes of at least 4 members (excludes halogenated alkanes) is 5. The molecule has 2 heteroatoms. The summed E-state index contributed by atoms with van der Waals surface area (Å²) in [6.07, 6.45) is 9.49. The highest BCUT2D eigenvalue weighted by Crippen LogP contribution is 2.14. The van der Waals surface area contributed by atoms with Crippen LogP contribution in [0.15, 0.2) is 24.3 Å². The standard InChI is InChI=1S/C15H23IO/c1-17-15-11-9-14(10-12-15)8-6-4-2-3-5-7-13-16/h9-12H,2-8,13H2,1H3. The molecule has 0 unspecified atom stereocenters. The van der Waals surface area contributed by atoms with Gasteiger partial charge in [-0.1, -0.05) is 60.4 Å². The number of alkyl halides is 1. The van der Waals surface area contributed by atoms with E-state index in [0.29, 0.717) is 0 Å². The van der Waals surface area contributed by atoms with Crippen LogP contribution in [0.25, 0.3) is 0 Å². The zero-order valence-electron chi connectivity index (χ0n) is 10.8. The minimum Gasteiger partial charge on any atom is -0.497 e. The van der Waals surface area contributed by atoms with E-state index in [9.17, 15) is 0 Å². The van der Waals surface area contributed by atoms with Gasteiger partial charge in [0, 0.05) is 0 Å². The third-order valence-corrected chi connectivity index (χ3v) is 3.77. The van der Waals surface area contributed by atoms with Gasteiger partial charge in [0.25, 0.3) is 0 Å². The van der Waals surface area contributed by atoms with Gasteiger partial charge in [-0.05, 0) is 41.4 Å². The molecule has 0 saturated heterocycles. The summed E-state index contributed by atoms with van der Waals surface area (Å²) in [6.45, 7) is 0. The molecule has 1 rings (SSSR count). The Morgan fingerprint density at radius 2 is 1.47 bits per heavy atom. The van der Waals surface area contributed by atoms with Gasteiger partial charge in [0.2, 0.25) is 0 Å². The summed E-state index contributed by atoms with van der Waals surface area (Å²) in [6, 6.07) is 8.45. The highest BCUT2D eigenvalue weighted by atomic mass is 127. The van der Waals surface area contributed by atoms with E-state index in [-0.39, 0.29) is 0 Å². The molecule has 0 spiro atoms. The normalized spacial score (nSPS) is 10.5. The first kappa shape index (κ1) is 14.8. The van der Waals surface area contributed by atoms with Crippen LogP contribution in [0.2, 0.25) is 0 Å². The van der Waals surface area contributed by atoms with Crippen molar-refractivity contribution in [3.8, 4) is 5.75 Å². The monoisotopic (exact) mass is 346 g/mol. The molecule has 1 nitrogen and oxygen atoms in total. The van der Waals surface area contributed by atoms with E-state index in [1.165, 1.54) is 54.9 Å². The molecule has 0 fully saturated rings. The Labute approximate surface area is 119 Å². The van der Waals surface area contributed by atoms with E-state index in [0.717, 1.165) is 5.75 Å². The highest BCUT2D eigenvalue weighted by molar-refractivity contribution is 14.1. The van der Waals surface area contributed by atoms with E-state index in [2.05, 4.69) is 46.9 Å². The van der Waals surface area contributed by atoms with Crippen LogP contribution < -0.4 is 4.74 Å². The number of halogens is 1. The molecule has 0 N–H and O–H groups in total. The van der Waals surface area contributed by atoms with Crippen molar-refractivity contribution in [1.29, 1.82) is 0 Å². The fraction of sp³-hybridized carbons (Fsp3) is 0.600. The fourth-order valence-corrected chi connectivity index (χ4v) is 2.46. The molecule has 0 aliphatic rings. The second-order valence-corrected chi connectivity index (χ2v) is 5.49. The summed E-state index contributed by atoms with van der Waals surface area (Å²) < 4.78 is 6.46. The Hall–Kier alpha value is -0.250. The van der Waals surface area contributed by atoms with Gasteiger partial charge in [-0.2, -0.15) is 0 Å². The molecule has 0 radical (unpaired) electrons. The molecule has 0 atom stereocenters. The van der Waals surface area contributed by atoms with Crippen LogP contribution in [0.1, 0.15) is 44.1 Å². The van der Waals surface area contributed by atoms with Crippen molar-refractivity contribution in [3.05, 3.63) is 29.8 Å². The van der Waals surface area contributed by atoms with Crippen LogP contribution in [0.3, 0.4) is 0 Å². The first-order valence-electron chi connectivity index (χ1n) is 6.55. The van der Waals surface area contributed by atoms with Crippen molar-refractivity contribution < 1.29 is 4.74 Å². The highest BCUT2D eigenvalue weighted by Gasteiger charge is 1.95. The van der Waals surface area contributed by atoms with Gasteiger partial charge < -0.3 is 4.74 Å². The van der Waals surface area contributed by atoms with Crippen LogP contribution in [0, 0.1) is 0 Å². The zero-order valence-corrected chi connectivity index (χ0v) is 12.9. The fourth-order valence-electron chi connectivity index (χ4n) is 1.92. The topological polar surface area (TPSA) is 9.23 Å². The lowest BCUT2D eigenvalue weighted by Gasteiger charge is -2.03. The van der Waals surface area contributed by atoms with Crippen molar-refractivity contribution >= 4 is 22.6 Å². The number of benzene rings is 1. The summed E-state index contributed by atoms with van der Waals surface area (Å²) in [5, 5.41) is 0. The Bertz CT molecular complexity index is 281. The number of methoxy groups -OCH3 is 1. The van der Waals surface area contributed by atoms with E-state index in [1.54, 1.807) is 7.11 Å². The maximum Gasteiger partial charge on any atom is 0.118 e. The summed E-state index contributed by atoms with van der Waals surface area (Å²) in [5.74, 6) is 0.951. The molecule has 0 amide bonds. The predicted molar refractivity (Wildman–Crippen MR) is 83.3 cm³/mol. The van der Waals surface area contributed by atoms with Gasteiger partial charge in [-0.15, -0.1) is 0 Å². The number of ether oxygens (including phenoxy) is 1. The Kier molecular flexibility index (Phi) is 8.49. The van der Waals surface area contributed by atoms with Crippen LogP contribution in [-0.2, 0) is 6.42 Å². The van der Waals surface area contributed by atoms with E-state index < -0.39 is 0 Å². The number of aryl methyl sites for hydroxylation is 1. The van der Waals surface area contributed by atoms with Crippen LogP contribution in [-0.4, -0.2) is 11.5 Å². The first-order chi connectivity index (χ1) is 8.36. The largest absolute Gasteiger partial charge is 0.497 e. The Morgan fingerprint density at radius 3 is 2.06 bits per heavy atom. The van der Waals surface area contributed by atoms with Gasteiger partial charge in [-0.25, -0.2) is 0 Å². The maximum absolute atomic E-state index is 5.15. The summed E-state index contributed by atoms with van der Waals surface area (Å²) in [5.41, 5.74) is 1.43. The number of rotatable bonds is 9. The molecule has 17 heavy (non-hydrogen) atoms. The summed E-state index contributed by atoms with van der Waals surface area (Å²) in [7, 11) is 1.71. The second-order valence-electron chi connectivity index (χ2n) is 4.41. The number of hydrogen-bond donors (Lipinski definition) is 0. The van der Waals surface area contributed by atoms with Gasteiger partial charge in [0.15, 0.2) is 0 Å². The second kappa shape index (κ2) is 9.75. The van der Waals surface area contributed by atoms with E-state index in [4.69, 9.17) is 4.74 Å². The molecule has 96 valence electrons. The molecule has 0 aromatic heterocycles. The maximum atomic E-state index is 5.15. The van der Waals surface area contributed by atoms with Gasteiger partial charge in [0.1, 0.15) is 5.75 Å². The zero-order chi connectivity index (χ0) is 12.3. The minimum absolute atomic E-state index is 0.951. The van der Waals surface area contributed by atoms with Crippen LogP contribution in [0.5, 0.6) is 5.75 Å². The lowest BCUT2D eigenvalue weighted by Crippen LogP contribution is -1.88. The molecule has 0 aliphatic heterocycles. The van der Waals surface area contributed by atoms with Gasteiger partial charge in [0.05, 0.1) is 7.11 Å². The quantitative estimate of drug-likeness (QED) is 0.347. The van der Waals surface area contributed by atoms with E-state index >= 15 is 0 Å². The molecule has 0 bridgehead atoms. The molecular formula is C15H23IO. The lowest BCUT2D eigenvalue weighted by molar-refractivity contribution is 0.414. The predicted octanol–water partition coefficient (Wildman–Crippen LogP) is 5.01. The molecule has 1 aromatic rings. The third-order valence-electron chi connectivity index (χ3n) is 3.01. The summed E-state index contributed by atoms with van der Waals surface area (Å²) >= 11 is 2.46. The van der Waals surface area contributed by atoms with Crippen molar-refractivity contribution in [3.63, 3.8) is 0 Å². The van der Waals surface area contributed by atoms with Crippen molar-refractivity contribution in [1.82, 2.24) is 0 Å². The van der Waals surface area contributed by atoms with E-state index in [1.807, 2.05) is 0 Å². The molecule has 0 aliphatic carbocycles. The average Bonchev–Trinajstić information content (AvgIpc) is 2.38. The van der Waals surface area contributed by atoms with Gasteiger partial charge in [-0.3, -0.25) is 0 Å². The third kappa shape index (κ3) is 6.92. The Balaban J connectivity index is 2.05. The molecule has 0 heterocycles. The summed E-state index contributed by atoms with van der Waals surface area (Å²) in [4.78, 5) is 0.